The third-order valence-electron chi connectivity index (χ3n) is 3.15. The number of aromatic nitrogens is 2. The number of anilines is 1. The van der Waals surface area contributed by atoms with E-state index < -0.39 is 0 Å². The highest BCUT2D eigenvalue weighted by atomic mass is 32.1. The molecule has 0 spiro atoms. The zero-order valence-electron chi connectivity index (χ0n) is 12.9. The lowest BCUT2D eigenvalue weighted by Gasteiger charge is -2.23. The molecule has 0 unspecified atom stereocenters. The van der Waals surface area contributed by atoms with E-state index in [1.54, 1.807) is 0 Å². The Bertz CT molecular complexity index is 429. The van der Waals surface area contributed by atoms with E-state index in [2.05, 4.69) is 43.2 Å². The smallest absolute Gasteiger partial charge is 0.226 e. The van der Waals surface area contributed by atoms with Gasteiger partial charge in [0.1, 0.15) is 5.01 Å². The molecular formula is C14H26N4OS. The predicted molar refractivity (Wildman–Crippen MR) is 83.8 cm³/mol. The van der Waals surface area contributed by atoms with E-state index in [0.29, 0.717) is 24.0 Å². The second-order valence-corrected chi connectivity index (χ2v) is 7.41. The van der Waals surface area contributed by atoms with Gasteiger partial charge in [-0.25, -0.2) is 0 Å². The van der Waals surface area contributed by atoms with Gasteiger partial charge in [0, 0.05) is 12.8 Å². The first-order chi connectivity index (χ1) is 9.32. The Hall–Kier alpha value is -1.01. The van der Waals surface area contributed by atoms with E-state index in [1.807, 2.05) is 0 Å². The topological polar surface area (TPSA) is 80.9 Å². The molecule has 0 aliphatic rings. The molecule has 0 saturated carbocycles. The van der Waals surface area contributed by atoms with Gasteiger partial charge in [-0.15, -0.1) is 10.2 Å². The van der Waals surface area contributed by atoms with Gasteiger partial charge in [-0.3, -0.25) is 4.79 Å². The number of nitrogens with two attached hydrogens (primary N) is 1. The van der Waals surface area contributed by atoms with Crippen molar-refractivity contribution in [2.45, 2.75) is 53.4 Å². The van der Waals surface area contributed by atoms with Crippen LogP contribution in [0.3, 0.4) is 0 Å². The van der Waals surface area contributed by atoms with Crippen LogP contribution in [0.5, 0.6) is 0 Å². The molecular weight excluding hydrogens is 272 g/mol. The number of hydrogen-bond acceptors (Lipinski definition) is 5. The standard InChI is InChI=1S/C14H26N4OS/c1-10(2)9-12-17-18-13(20-12)16-11(19)5-6-14(3,4)7-8-15/h10H,5-9,15H2,1-4H3,(H,16,18,19). The SMILES string of the molecule is CC(C)Cc1nnc(NC(=O)CCC(C)(C)CCN)s1. The van der Waals surface area contributed by atoms with Gasteiger partial charge in [-0.1, -0.05) is 39.0 Å². The molecule has 5 nitrogen and oxygen atoms in total. The third kappa shape index (κ3) is 6.43. The van der Waals surface area contributed by atoms with E-state index in [9.17, 15) is 4.79 Å². The average Bonchev–Trinajstić information content (AvgIpc) is 2.73. The fraction of sp³-hybridized carbons (Fsp3) is 0.786. The van der Waals surface area contributed by atoms with Gasteiger partial charge in [-0.05, 0) is 30.7 Å². The van der Waals surface area contributed by atoms with E-state index in [1.165, 1.54) is 11.3 Å². The summed E-state index contributed by atoms with van der Waals surface area (Å²) in [6.07, 6.45) is 3.15. The number of carbonyl (C=O) groups excluding carboxylic acids is 1. The second kappa shape index (κ2) is 7.69. The molecule has 0 atom stereocenters. The zero-order chi connectivity index (χ0) is 15.2. The summed E-state index contributed by atoms with van der Waals surface area (Å²) >= 11 is 1.46. The predicted octanol–water partition coefficient (Wildman–Crippen LogP) is 2.83. The van der Waals surface area contributed by atoms with Crippen molar-refractivity contribution in [2.24, 2.45) is 17.1 Å². The number of nitrogens with zero attached hydrogens (tertiary/aromatic N) is 2. The highest BCUT2D eigenvalue weighted by Crippen LogP contribution is 2.26. The summed E-state index contributed by atoms with van der Waals surface area (Å²) in [5.41, 5.74) is 5.68. The molecule has 20 heavy (non-hydrogen) atoms. The number of carbonyl (C=O) groups is 1. The molecule has 0 saturated heterocycles. The average molecular weight is 298 g/mol. The van der Waals surface area contributed by atoms with Crippen molar-refractivity contribution >= 4 is 22.4 Å². The van der Waals surface area contributed by atoms with Crippen LogP contribution in [0.4, 0.5) is 5.13 Å². The first-order valence-electron chi connectivity index (χ1n) is 7.14. The zero-order valence-corrected chi connectivity index (χ0v) is 13.7. The Morgan fingerprint density at radius 1 is 1.35 bits per heavy atom. The lowest BCUT2D eigenvalue weighted by atomic mass is 9.84. The fourth-order valence-corrected chi connectivity index (χ4v) is 2.85. The van der Waals surface area contributed by atoms with Crippen molar-refractivity contribution in [1.82, 2.24) is 10.2 Å². The summed E-state index contributed by atoms with van der Waals surface area (Å²) in [5, 5.41) is 12.5. The Balaban J connectivity index is 2.40. The molecule has 3 N–H and O–H groups in total. The molecule has 114 valence electrons. The maximum Gasteiger partial charge on any atom is 0.226 e. The van der Waals surface area contributed by atoms with Crippen molar-refractivity contribution in [3.05, 3.63) is 5.01 Å². The van der Waals surface area contributed by atoms with Crippen molar-refractivity contribution in [3.63, 3.8) is 0 Å². The maximum atomic E-state index is 11.9. The number of rotatable bonds is 8. The van der Waals surface area contributed by atoms with Crippen LogP contribution in [0, 0.1) is 11.3 Å². The minimum Gasteiger partial charge on any atom is -0.330 e. The van der Waals surface area contributed by atoms with Gasteiger partial charge in [-0.2, -0.15) is 0 Å². The van der Waals surface area contributed by atoms with Gasteiger partial charge >= 0.3 is 0 Å². The van der Waals surface area contributed by atoms with Crippen molar-refractivity contribution in [2.75, 3.05) is 11.9 Å². The highest BCUT2D eigenvalue weighted by Gasteiger charge is 2.18. The van der Waals surface area contributed by atoms with E-state index in [-0.39, 0.29) is 11.3 Å². The monoisotopic (exact) mass is 298 g/mol. The van der Waals surface area contributed by atoms with Crippen molar-refractivity contribution in [1.29, 1.82) is 0 Å². The largest absolute Gasteiger partial charge is 0.330 e. The minimum atomic E-state index is 0.00217. The number of hydrogen-bond donors (Lipinski definition) is 2. The third-order valence-corrected chi connectivity index (χ3v) is 4.01. The van der Waals surface area contributed by atoms with Crippen LogP contribution in [-0.4, -0.2) is 22.6 Å². The van der Waals surface area contributed by atoms with E-state index >= 15 is 0 Å². The van der Waals surface area contributed by atoms with Crippen molar-refractivity contribution in [3.8, 4) is 0 Å². The Kier molecular flexibility index (Phi) is 6.55. The van der Waals surface area contributed by atoms with E-state index in [0.717, 1.165) is 24.3 Å². The summed E-state index contributed by atoms with van der Waals surface area (Å²) in [5.74, 6) is 0.547. The summed E-state index contributed by atoms with van der Waals surface area (Å²) in [6, 6.07) is 0. The van der Waals surface area contributed by atoms with Crippen LogP contribution in [0.2, 0.25) is 0 Å². The van der Waals surface area contributed by atoms with Gasteiger partial charge in [0.15, 0.2) is 0 Å². The van der Waals surface area contributed by atoms with Crippen LogP contribution in [0.1, 0.15) is 52.0 Å². The van der Waals surface area contributed by atoms with Crippen molar-refractivity contribution < 1.29 is 4.79 Å². The quantitative estimate of drug-likeness (QED) is 0.773. The molecule has 0 aliphatic heterocycles. The molecule has 0 fully saturated rings. The van der Waals surface area contributed by atoms with Crippen LogP contribution in [0.15, 0.2) is 0 Å². The molecule has 1 aromatic rings. The molecule has 1 rings (SSSR count). The summed E-state index contributed by atoms with van der Waals surface area (Å²) < 4.78 is 0. The summed E-state index contributed by atoms with van der Waals surface area (Å²) in [7, 11) is 0. The van der Waals surface area contributed by atoms with E-state index in [4.69, 9.17) is 5.73 Å². The maximum absolute atomic E-state index is 11.9. The molecule has 0 bridgehead atoms. The van der Waals surface area contributed by atoms with Gasteiger partial charge in [0.25, 0.3) is 0 Å². The fourth-order valence-electron chi connectivity index (χ4n) is 1.89. The molecule has 0 aromatic carbocycles. The normalized spacial score (nSPS) is 11.9. The molecule has 0 radical (unpaired) electrons. The Labute approximate surface area is 125 Å². The Morgan fingerprint density at radius 2 is 2.05 bits per heavy atom. The Morgan fingerprint density at radius 3 is 2.65 bits per heavy atom. The molecule has 1 aromatic heterocycles. The number of nitrogens with one attached hydrogen (secondary N) is 1. The molecule has 6 heteroatoms. The van der Waals surface area contributed by atoms with Crippen LogP contribution in [-0.2, 0) is 11.2 Å². The summed E-state index contributed by atoms with van der Waals surface area (Å²) in [6.45, 7) is 9.21. The lowest BCUT2D eigenvalue weighted by molar-refractivity contribution is -0.116. The molecule has 1 heterocycles. The van der Waals surface area contributed by atoms with Crippen LogP contribution in [0.25, 0.3) is 0 Å². The highest BCUT2D eigenvalue weighted by molar-refractivity contribution is 7.15. The number of amides is 1. The first kappa shape index (κ1) is 17.0. The lowest BCUT2D eigenvalue weighted by Crippen LogP contribution is -2.20. The minimum absolute atomic E-state index is 0.00217. The van der Waals surface area contributed by atoms with Gasteiger partial charge < -0.3 is 11.1 Å². The molecule has 1 amide bonds. The first-order valence-corrected chi connectivity index (χ1v) is 7.96. The van der Waals surface area contributed by atoms with Gasteiger partial charge in [0.05, 0.1) is 0 Å². The van der Waals surface area contributed by atoms with Crippen LogP contribution < -0.4 is 11.1 Å². The van der Waals surface area contributed by atoms with Gasteiger partial charge in [0.2, 0.25) is 11.0 Å². The second-order valence-electron chi connectivity index (χ2n) is 6.35. The summed E-state index contributed by atoms with van der Waals surface area (Å²) in [4.78, 5) is 11.9. The van der Waals surface area contributed by atoms with Crippen LogP contribution >= 0.6 is 11.3 Å². The molecule has 0 aliphatic carbocycles.